The molecule has 0 bridgehead atoms. The van der Waals surface area contributed by atoms with Crippen LogP contribution in [0, 0.1) is 0 Å². The number of aromatic nitrogens is 2. The monoisotopic (exact) mass is 500 g/mol. The Morgan fingerprint density at radius 1 is 1.10 bits per heavy atom. The Morgan fingerprint density at radius 3 is 2.48 bits per heavy atom. The zero-order chi connectivity index (χ0) is 22.3. The molecule has 31 heavy (non-hydrogen) atoms. The van der Waals surface area contributed by atoms with E-state index in [9.17, 15) is 19.5 Å². The molecule has 0 saturated heterocycles. The number of anilines is 1. The van der Waals surface area contributed by atoms with Crippen LogP contribution in [-0.4, -0.2) is 26.3 Å². The van der Waals surface area contributed by atoms with Crippen molar-refractivity contribution < 1.29 is 9.90 Å². The SMILES string of the molecule is CC1=NN(c2ccc(Br)cc2)C(=O)/C1=C\c1c(O)n(-c2cccc(Cl)c2)c(=O)[nH]c1=O. The lowest BCUT2D eigenvalue weighted by atomic mass is 10.1. The fourth-order valence-electron chi connectivity index (χ4n) is 3.11. The van der Waals surface area contributed by atoms with Crippen molar-refractivity contribution in [3.8, 4) is 11.6 Å². The first kappa shape index (κ1) is 20.8. The molecule has 10 heteroatoms. The van der Waals surface area contributed by atoms with Crippen LogP contribution >= 0.6 is 27.5 Å². The molecular formula is C21H14BrClN4O4. The van der Waals surface area contributed by atoms with E-state index >= 15 is 0 Å². The van der Waals surface area contributed by atoms with Crippen molar-refractivity contribution in [1.29, 1.82) is 0 Å². The number of aromatic amines is 1. The summed E-state index contributed by atoms with van der Waals surface area (Å²) < 4.78 is 1.75. The largest absolute Gasteiger partial charge is 0.494 e. The second-order valence-corrected chi connectivity index (χ2v) is 8.00. The maximum absolute atomic E-state index is 12.9. The molecule has 1 aliphatic heterocycles. The van der Waals surface area contributed by atoms with Gasteiger partial charge in [-0.1, -0.05) is 33.6 Å². The van der Waals surface area contributed by atoms with Gasteiger partial charge in [-0.25, -0.2) is 9.36 Å². The Balaban J connectivity index is 1.82. The van der Waals surface area contributed by atoms with Gasteiger partial charge in [0.15, 0.2) is 0 Å². The summed E-state index contributed by atoms with van der Waals surface area (Å²) in [7, 11) is 0. The van der Waals surface area contributed by atoms with Gasteiger partial charge in [0, 0.05) is 9.50 Å². The number of nitrogens with zero attached hydrogens (tertiary/aromatic N) is 3. The summed E-state index contributed by atoms with van der Waals surface area (Å²) >= 11 is 9.32. The number of rotatable bonds is 3. The van der Waals surface area contributed by atoms with Crippen LogP contribution in [0.4, 0.5) is 5.69 Å². The highest BCUT2D eigenvalue weighted by atomic mass is 79.9. The number of aromatic hydroxyl groups is 1. The Hall–Kier alpha value is -3.43. The van der Waals surface area contributed by atoms with Crippen LogP contribution in [0.25, 0.3) is 11.8 Å². The number of carbonyl (C=O) groups is 1. The first-order valence-corrected chi connectivity index (χ1v) is 10.1. The maximum Gasteiger partial charge on any atom is 0.335 e. The van der Waals surface area contributed by atoms with Crippen molar-refractivity contribution in [1.82, 2.24) is 9.55 Å². The number of nitrogens with one attached hydrogen (secondary N) is 1. The summed E-state index contributed by atoms with van der Waals surface area (Å²) in [5, 5.41) is 16.5. The number of amides is 1. The van der Waals surface area contributed by atoms with E-state index < -0.39 is 23.0 Å². The minimum atomic E-state index is -0.841. The van der Waals surface area contributed by atoms with E-state index in [2.05, 4.69) is 26.0 Å². The molecule has 1 amide bonds. The van der Waals surface area contributed by atoms with Crippen LogP contribution in [0.15, 0.2) is 73.3 Å². The van der Waals surface area contributed by atoms with Crippen LogP contribution in [0.3, 0.4) is 0 Å². The first-order chi connectivity index (χ1) is 14.8. The van der Waals surface area contributed by atoms with Crippen LogP contribution < -0.4 is 16.3 Å². The van der Waals surface area contributed by atoms with E-state index in [1.807, 2.05) is 0 Å². The minimum absolute atomic E-state index is 0.111. The number of benzene rings is 2. The molecule has 156 valence electrons. The molecular weight excluding hydrogens is 488 g/mol. The number of hydrogen-bond donors (Lipinski definition) is 2. The van der Waals surface area contributed by atoms with Gasteiger partial charge in [0.25, 0.3) is 11.5 Å². The molecule has 2 heterocycles. The Kier molecular flexibility index (Phi) is 5.38. The van der Waals surface area contributed by atoms with Crippen molar-refractivity contribution in [2.45, 2.75) is 6.92 Å². The average Bonchev–Trinajstić information content (AvgIpc) is 2.99. The summed E-state index contributed by atoms with van der Waals surface area (Å²) in [5.41, 5.74) is -0.673. The lowest BCUT2D eigenvalue weighted by Crippen LogP contribution is -2.30. The van der Waals surface area contributed by atoms with E-state index in [1.54, 1.807) is 49.4 Å². The fourth-order valence-corrected chi connectivity index (χ4v) is 3.56. The third kappa shape index (κ3) is 3.85. The van der Waals surface area contributed by atoms with Gasteiger partial charge in [-0.05, 0) is 55.5 Å². The van der Waals surface area contributed by atoms with Crippen molar-refractivity contribution in [3.05, 3.63) is 90.0 Å². The molecule has 0 fully saturated rings. The molecule has 8 nitrogen and oxygen atoms in total. The number of halogens is 2. The van der Waals surface area contributed by atoms with Crippen LogP contribution in [0.5, 0.6) is 5.88 Å². The molecule has 0 aliphatic carbocycles. The van der Waals surface area contributed by atoms with Gasteiger partial charge in [0.2, 0.25) is 5.88 Å². The van der Waals surface area contributed by atoms with Crippen molar-refractivity contribution in [2.75, 3.05) is 5.01 Å². The van der Waals surface area contributed by atoms with Gasteiger partial charge < -0.3 is 5.11 Å². The molecule has 1 aromatic heterocycles. The highest BCUT2D eigenvalue weighted by molar-refractivity contribution is 9.10. The summed E-state index contributed by atoms with van der Waals surface area (Å²) in [5.74, 6) is -1.09. The topological polar surface area (TPSA) is 108 Å². The first-order valence-electron chi connectivity index (χ1n) is 8.98. The smallest absolute Gasteiger partial charge is 0.335 e. The Labute approximate surface area is 188 Å². The predicted octanol–water partition coefficient (Wildman–Crippen LogP) is 3.45. The Morgan fingerprint density at radius 2 is 1.81 bits per heavy atom. The van der Waals surface area contributed by atoms with Crippen molar-refractivity contribution in [2.24, 2.45) is 5.10 Å². The van der Waals surface area contributed by atoms with Gasteiger partial charge in [0.1, 0.15) is 5.56 Å². The van der Waals surface area contributed by atoms with Gasteiger partial charge in [-0.15, -0.1) is 0 Å². The quantitative estimate of drug-likeness (QED) is 0.536. The Bertz CT molecular complexity index is 1390. The molecule has 0 unspecified atom stereocenters. The fraction of sp³-hybridized carbons (Fsp3) is 0.0476. The molecule has 0 spiro atoms. The van der Waals surface area contributed by atoms with E-state index in [0.29, 0.717) is 16.4 Å². The maximum atomic E-state index is 12.9. The van der Waals surface area contributed by atoms with Gasteiger partial charge >= 0.3 is 5.69 Å². The minimum Gasteiger partial charge on any atom is -0.494 e. The van der Waals surface area contributed by atoms with E-state index in [0.717, 1.165) is 9.04 Å². The van der Waals surface area contributed by atoms with Crippen LogP contribution in [0.2, 0.25) is 5.02 Å². The third-order valence-corrected chi connectivity index (χ3v) is 5.37. The molecule has 0 saturated carbocycles. The number of H-pyrrole nitrogens is 1. The zero-order valence-corrected chi connectivity index (χ0v) is 18.3. The molecule has 2 aromatic carbocycles. The molecule has 1 aliphatic rings. The van der Waals surface area contributed by atoms with Gasteiger partial charge in [-0.3, -0.25) is 14.6 Å². The van der Waals surface area contributed by atoms with E-state index in [4.69, 9.17) is 11.6 Å². The second kappa shape index (κ2) is 8.01. The number of carbonyl (C=O) groups excluding carboxylic acids is 1. The average molecular weight is 502 g/mol. The molecule has 0 radical (unpaired) electrons. The normalized spacial score (nSPS) is 14.9. The van der Waals surface area contributed by atoms with Gasteiger partial charge in [0.05, 0.1) is 22.7 Å². The highest BCUT2D eigenvalue weighted by Gasteiger charge is 2.29. The molecule has 0 atom stereocenters. The summed E-state index contributed by atoms with van der Waals surface area (Å²) in [4.78, 5) is 39.9. The molecule has 3 aromatic rings. The van der Waals surface area contributed by atoms with Crippen molar-refractivity contribution >= 4 is 50.9 Å². The van der Waals surface area contributed by atoms with E-state index in [1.165, 1.54) is 17.2 Å². The predicted molar refractivity (Wildman–Crippen MR) is 122 cm³/mol. The molecule has 2 N–H and O–H groups in total. The van der Waals surface area contributed by atoms with Crippen LogP contribution in [0.1, 0.15) is 12.5 Å². The summed E-state index contributed by atoms with van der Waals surface area (Å²) in [6.45, 7) is 1.61. The number of hydrogen-bond acceptors (Lipinski definition) is 5. The second-order valence-electron chi connectivity index (χ2n) is 6.65. The van der Waals surface area contributed by atoms with Gasteiger partial charge in [-0.2, -0.15) is 10.1 Å². The number of hydrazone groups is 1. The lowest BCUT2D eigenvalue weighted by molar-refractivity contribution is -0.114. The summed E-state index contributed by atoms with van der Waals surface area (Å²) in [6.07, 6.45) is 1.22. The van der Waals surface area contributed by atoms with Crippen molar-refractivity contribution in [3.63, 3.8) is 0 Å². The third-order valence-electron chi connectivity index (χ3n) is 4.61. The highest BCUT2D eigenvalue weighted by Crippen LogP contribution is 2.27. The molecule has 4 rings (SSSR count). The van der Waals surface area contributed by atoms with E-state index in [-0.39, 0.29) is 16.8 Å². The summed E-state index contributed by atoms with van der Waals surface area (Å²) in [6, 6.07) is 13.2. The van der Waals surface area contributed by atoms with Crippen LogP contribution in [-0.2, 0) is 4.79 Å². The zero-order valence-electron chi connectivity index (χ0n) is 16.0. The lowest BCUT2D eigenvalue weighted by Gasteiger charge is -2.12. The standard InChI is InChI=1S/C21H14BrClN4O4/c1-11-16(20(30)27(25-11)14-7-5-12(22)6-8-14)10-17-18(28)24-21(31)26(19(17)29)15-4-2-3-13(23)9-15/h2-10,29H,1H3,(H,24,28,31)/b16-10-.